The number of phenolic OH excluding ortho intramolecular Hbond substituents is 1. The van der Waals surface area contributed by atoms with Gasteiger partial charge in [0, 0.05) is 0 Å². The van der Waals surface area contributed by atoms with Crippen LogP contribution in [-0.4, -0.2) is 23.9 Å². The van der Waals surface area contributed by atoms with Gasteiger partial charge in [-0.2, -0.15) is 5.11 Å². The normalized spacial score (nSPS) is 11.0. The van der Waals surface area contributed by atoms with Crippen molar-refractivity contribution in [1.29, 1.82) is 0 Å². The van der Waals surface area contributed by atoms with E-state index in [0.717, 1.165) is 0 Å². The molecular formula is C12H16Cl2N4O2. The summed E-state index contributed by atoms with van der Waals surface area (Å²) in [5.74, 6) is -0.621. The number of nitrogens with one attached hydrogen (secondary N) is 1. The molecule has 0 atom stereocenters. The van der Waals surface area contributed by atoms with E-state index in [-0.39, 0.29) is 27.2 Å². The topological polar surface area (TPSA) is 86.4 Å². The molecule has 0 aromatic heterocycles. The standard InChI is InChI=1S/C10H10Cl2N4O2.C2H6/c1-5(15-16-13-2)14-10(18)6-3-4-7(11)9(17)8(6)12;1-2/h3-4,17H,1-2H3,(H,13,14,15,18);1-2H3. The van der Waals surface area contributed by atoms with Crippen LogP contribution >= 0.6 is 23.2 Å². The van der Waals surface area contributed by atoms with E-state index >= 15 is 0 Å². The first kappa shape index (κ1) is 18.3. The van der Waals surface area contributed by atoms with Gasteiger partial charge < -0.3 is 10.4 Å². The Kier molecular flexibility index (Phi) is 8.51. The number of amidine groups is 1. The third kappa shape index (κ3) is 5.14. The molecule has 6 nitrogen and oxygen atoms in total. The lowest BCUT2D eigenvalue weighted by Gasteiger charge is -2.07. The van der Waals surface area contributed by atoms with Gasteiger partial charge in [-0.25, -0.2) is 0 Å². The monoisotopic (exact) mass is 318 g/mol. The fourth-order valence-electron chi connectivity index (χ4n) is 1.08. The molecule has 1 aromatic carbocycles. The highest BCUT2D eigenvalue weighted by Gasteiger charge is 2.16. The summed E-state index contributed by atoms with van der Waals surface area (Å²) in [6, 6.07) is 2.77. The van der Waals surface area contributed by atoms with E-state index in [1.54, 1.807) is 0 Å². The Morgan fingerprint density at radius 3 is 2.45 bits per heavy atom. The Hall–Kier alpha value is -1.66. The van der Waals surface area contributed by atoms with E-state index in [1.807, 2.05) is 13.8 Å². The number of phenols is 1. The number of halogens is 2. The van der Waals surface area contributed by atoms with E-state index in [0.29, 0.717) is 0 Å². The molecule has 0 saturated heterocycles. The average molecular weight is 319 g/mol. The highest BCUT2D eigenvalue weighted by atomic mass is 35.5. The third-order valence-electron chi connectivity index (χ3n) is 1.89. The van der Waals surface area contributed by atoms with Crippen LogP contribution in [0.2, 0.25) is 10.0 Å². The van der Waals surface area contributed by atoms with Gasteiger partial charge in [0.25, 0.3) is 5.91 Å². The molecule has 20 heavy (non-hydrogen) atoms. The van der Waals surface area contributed by atoms with Gasteiger partial charge in [-0.1, -0.05) is 37.0 Å². The zero-order valence-electron chi connectivity index (χ0n) is 11.6. The molecule has 0 saturated carbocycles. The van der Waals surface area contributed by atoms with Crippen LogP contribution in [-0.2, 0) is 0 Å². The molecule has 110 valence electrons. The van der Waals surface area contributed by atoms with Crippen LogP contribution in [0.5, 0.6) is 5.75 Å². The van der Waals surface area contributed by atoms with Crippen molar-refractivity contribution >= 4 is 34.9 Å². The Morgan fingerprint density at radius 1 is 1.30 bits per heavy atom. The first-order valence-electron chi connectivity index (χ1n) is 5.79. The molecular weight excluding hydrogens is 303 g/mol. The van der Waals surface area contributed by atoms with Crippen molar-refractivity contribution in [2.24, 2.45) is 15.4 Å². The Balaban J connectivity index is 0.00000172. The highest BCUT2D eigenvalue weighted by molar-refractivity contribution is 6.39. The molecule has 2 N–H and O–H groups in total. The van der Waals surface area contributed by atoms with Crippen molar-refractivity contribution in [2.75, 3.05) is 7.05 Å². The van der Waals surface area contributed by atoms with Gasteiger partial charge >= 0.3 is 0 Å². The summed E-state index contributed by atoms with van der Waals surface area (Å²) < 4.78 is 0. The minimum absolute atomic E-state index is 0.0710. The molecule has 1 amide bonds. The van der Waals surface area contributed by atoms with Crippen LogP contribution < -0.4 is 5.32 Å². The smallest absolute Gasteiger partial charge is 0.258 e. The molecule has 0 radical (unpaired) electrons. The zero-order chi connectivity index (χ0) is 15.7. The third-order valence-corrected chi connectivity index (χ3v) is 2.58. The maximum Gasteiger partial charge on any atom is 0.258 e. The summed E-state index contributed by atoms with van der Waals surface area (Å²) in [4.78, 5) is 11.8. The molecule has 0 heterocycles. The van der Waals surface area contributed by atoms with E-state index in [2.05, 4.69) is 20.8 Å². The number of aromatic hydroxyl groups is 1. The molecule has 0 aliphatic carbocycles. The number of nitrogens with zero attached hydrogens (tertiary/aromatic N) is 3. The average Bonchev–Trinajstić information content (AvgIpc) is 2.44. The van der Waals surface area contributed by atoms with E-state index < -0.39 is 5.91 Å². The van der Waals surface area contributed by atoms with Gasteiger partial charge in [0.1, 0.15) is 5.84 Å². The SMILES string of the molecule is CC.CN=N/N=C(\C)NC(=O)c1ccc(Cl)c(O)c1Cl. The van der Waals surface area contributed by atoms with E-state index in [4.69, 9.17) is 23.2 Å². The summed E-state index contributed by atoms with van der Waals surface area (Å²) in [6.45, 7) is 5.54. The lowest BCUT2D eigenvalue weighted by molar-refractivity contribution is 0.0976. The van der Waals surface area contributed by atoms with Crippen LogP contribution in [0.15, 0.2) is 27.6 Å². The van der Waals surface area contributed by atoms with E-state index in [1.165, 1.54) is 26.1 Å². The second kappa shape index (κ2) is 9.28. The summed E-state index contributed by atoms with van der Waals surface area (Å²) in [5.41, 5.74) is 0.0848. The Bertz CT molecular complexity index is 530. The first-order chi connectivity index (χ1) is 9.47. The quantitative estimate of drug-likeness (QED) is 0.375. The second-order valence-electron chi connectivity index (χ2n) is 3.19. The van der Waals surface area contributed by atoms with E-state index in [9.17, 15) is 9.90 Å². The number of amides is 1. The van der Waals surface area contributed by atoms with Crippen molar-refractivity contribution in [1.82, 2.24) is 5.32 Å². The van der Waals surface area contributed by atoms with Crippen molar-refractivity contribution in [3.8, 4) is 5.75 Å². The van der Waals surface area contributed by atoms with Crippen molar-refractivity contribution in [2.45, 2.75) is 20.8 Å². The summed E-state index contributed by atoms with van der Waals surface area (Å²) >= 11 is 11.5. The Morgan fingerprint density at radius 2 is 1.90 bits per heavy atom. The molecule has 1 aromatic rings. The molecule has 0 fully saturated rings. The zero-order valence-corrected chi connectivity index (χ0v) is 13.1. The number of benzene rings is 1. The van der Waals surface area contributed by atoms with Crippen molar-refractivity contribution in [3.63, 3.8) is 0 Å². The predicted molar refractivity (Wildman–Crippen MR) is 80.8 cm³/mol. The number of carbonyl (C=O) groups is 1. The van der Waals surface area contributed by atoms with Gasteiger partial charge in [0.05, 0.1) is 22.7 Å². The minimum atomic E-state index is -0.528. The van der Waals surface area contributed by atoms with Crippen LogP contribution in [0, 0.1) is 0 Å². The maximum atomic E-state index is 11.8. The van der Waals surface area contributed by atoms with Crippen LogP contribution in [0.3, 0.4) is 0 Å². The predicted octanol–water partition coefficient (Wildman–Crippen LogP) is 3.87. The fraction of sp³-hybridized carbons (Fsp3) is 0.333. The summed E-state index contributed by atoms with van der Waals surface area (Å²) in [5, 5.41) is 22.2. The number of hydrogen-bond donors (Lipinski definition) is 2. The van der Waals surface area contributed by atoms with Gasteiger partial charge in [-0.15, -0.1) is 5.10 Å². The number of carbonyl (C=O) groups excluding carboxylic acids is 1. The van der Waals surface area contributed by atoms with Gasteiger partial charge in [-0.05, 0) is 24.3 Å². The number of rotatable bonds is 2. The molecule has 8 heteroatoms. The van der Waals surface area contributed by atoms with Gasteiger partial charge in [-0.3, -0.25) is 4.79 Å². The van der Waals surface area contributed by atoms with Gasteiger partial charge in [0.2, 0.25) is 0 Å². The fourth-order valence-corrected chi connectivity index (χ4v) is 1.54. The van der Waals surface area contributed by atoms with Crippen LogP contribution in [0.25, 0.3) is 0 Å². The molecule has 0 aliphatic rings. The largest absolute Gasteiger partial charge is 0.505 e. The second-order valence-corrected chi connectivity index (χ2v) is 3.97. The Labute approximate surface area is 127 Å². The first-order valence-corrected chi connectivity index (χ1v) is 6.54. The van der Waals surface area contributed by atoms with Crippen LogP contribution in [0.4, 0.5) is 0 Å². The van der Waals surface area contributed by atoms with Gasteiger partial charge in [0.15, 0.2) is 5.75 Å². The highest BCUT2D eigenvalue weighted by Crippen LogP contribution is 2.34. The van der Waals surface area contributed by atoms with Crippen molar-refractivity contribution < 1.29 is 9.90 Å². The lowest BCUT2D eigenvalue weighted by atomic mass is 10.2. The summed E-state index contributed by atoms with van der Waals surface area (Å²) in [7, 11) is 1.45. The lowest BCUT2D eigenvalue weighted by Crippen LogP contribution is -2.28. The maximum absolute atomic E-state index is 11.8. The van der Waals surface area contributed by atoms with Crippen LogP contribution in [0.1, 0.15) is 31.1 Å². The molecule has 0 unspecified atom stereocenters. The molecule has 0 aliphatic heterocycles. The minimum Gasteiger partial charge on any atom is -0.505 e. The molecule has 0 bridgehead atoms. The molecule has 0 spiro atoms. The number of hydrogen-bond acceptors (Lipinski definition) is 4. The molecule has 1 rings (SSSR count). The van der Waals surface area contributed by atoms with Crippen molar-refractivity contribution in [3.05, 3.63) is 27.7 Å². The summed E-state index contributed by atoms with van der Waals surface area (Å²) in [6.07, 6.45) is 0.